The molecule has 1 aromatic heterocycles. The molecule has 0 aliphatic carbocycles. The molecule has 1 fully saturated rings. The maximum absolute atomic E-state index is 5.60. The molecule has 0 amide bonds. The van der Waals surface area contributed by atoms with E-state index < -0.39 is 0 Å². The zero-order valence-electron chi connectivity index (χ0n) is 11.6. The summed E-state index contributed by atoms with van der Waals surface area (Å²) in [4.78, 5) is 0. The first-order chi connectivity index (χ1) is 9.33. The zero-order chi connectivity index (χ0) is 13.1. The molecule has 2 heterocycles. The molecule has 2 aromatic rings. The summed E-state index contributed by atoms with van der Waals surface area (Å²) in [5, 5.41) is 4.83. The average Bonchev–Trinajstić information content (AvgIpc) is 3.03. The van der Waals surface area contributed by atoms with Gasteiger partial charge in [-0.15, -0.1) is 0 Å². The third-order valence-electron chi connectivity index (χ3n) is 3.85. The summed E-state index contributed by atoms with van der Waals surface area (Å²) < 4.78 is 7.92. The molecule has 3 rings (SSSR count). The lowest BCUT2D eigenvalue weighted by Crippen LogP contribution is -2.28. The van der Waals surface area contributed by atoms with Crippen LogP contribution < -0.4 is 5.32 Å². The molecule has 1 aliphatic heterocycles. The van der Waals surface area contributed by atoms with Crippen LogP contribution in [0.2, 0.25) is 0 Å². The van der Waals surface area contributed by atoms with Gasteiger partial charge >= 0.3 is 0 Å². The van der Waals surface area contributed by atoms with Crippen molar-refractivity contribution < 1.29 is 4.74 Å². The number of nitrogens with one attached hydrogen (secondary N) is 1. The van der Waals surface area contributed by atoms with Crippen molar-refractivity contribution in [2.75, 3.05) is 19.7 Å². The number of hydrogen-bond acceptors (Lipinski definition) is 2. The van der Waals surface area contributed by atoms with Gasteiger partial charge in [-0.3, -0.25) is 0 Å². The monoisotopic (exact) mass is 258 g/mol. The highest BCUT2D eigenvalue weighted by Crippen LogP contribution is 2.17. The number of nitrogens with zero attached hydrogens (tertiary/aromatic N) is 1. The Morgan fingerprint density at radius 2 is 2.32 bits per heavy atom. The van der Waals surface area contributed by atoms with Crippen molar-refractivity contribution in [3.63, 3.8) is 0 Å². The molecule has 0 bridgehead atoms. The van der Waals surface area contributed by atoms with Crippen LogP contribution in [0.25, 0.3) is 10.9 Å². The van der Waals surface area contributed by atoms with Crippen LogP contribution in [0.1, 0.15) is 18.4 Å². The highest BCUT2D eigenvalue weighted by atomic mass is 16.5. The van der Waals surface area contributed by atoms with Crippen LogP contribution in [-0.4, -0.2) is 30.4 Å². The highest BCUT2D eigenvalue weighted by Gasteiger charge is 2.14. The number of fused-ring (bicyclic) bond motifs is 1. The van der Waals surface area contributed by atoms with Gasteiger partial charge in [-0.05, 0) is 43.4 Å². The Balaban J connectivity index is 1.53. The van der Waals surface area contributed by atoms with Crippen LogP contribution >= 0.6 is 0 Å². The second-order valence-corrected chi connectivity index (χ2v) is 5.41. The third kappa shape index (κ3) is 2.99. The molecule has 19 heavy (non-hydrogen) atoms. The topological polar surface area (TPSA) is 26.2 Å². The Hall–Kier alpha value is -1.32. The molecule has 1 saturated heterocycles. The molecule has 1 atom stereocenters. The molecule has 102 valence electrons. The maximum atomic E-state index is 5.60. The van der Waals surface area contributed by atoms with Crippen LogP contribution in [0, 0.1) is 6.92 Å². The van der Waals surface area contributed by atoms with E-state index in [4.69, 9.17) is 4.74 Å². The Labute approximate surface area is 114 Å². The first-order valence-electron chi connectivity index (χ1n) is 7.21. The number of benzene rings is 1. The van der Waals surface area contributed by atoms with Gasteiger partial charge in [-0.1, -0.05) is 11.6 Å². The highest BCUT2D eigenvalue weighted by molar-refractivity contribution is 5.80. The Bertz CT molecular complexity index is 541. The largest absolute Gasteiger partial charge is 0.377 e. The van der Waals surface area contributed by atoms with Gasteiger partial charge in [0.25, 0.3) is 0 Å². The van der Waals surface area contributed by atoms with Gasteiger partial charge in [0.2, 0.25) is 0 Å². The van der Waals surface area contributed by atoms with Crippen molar-refractivity contribution in [3.8, 4) is 0 Å². The van der Waals surface area contributed by atoms with E-state index >= 15 is 0 Å². The lowest BCUT2D eigenvalue weighted by atomic mass is 10.2. The number of aryl methyl sites for hydroxylation is 1. The van der Waals surface area contributed by atoms with Crippen molar-refractivity contribution in [3.05, 3.63) is 36.0 Å². The third-order valence-corrected chi connectivity index (χ3v) is 3.85. The quantitative estimate of drug-likeness (QED) is 0.835. The van der Waals surface area contributed by atoms with E-state index in [1.807, 2.05) is 0 Å². The number of aromatic nitrogens is 1. The summed E-state index contributed by atoms with van der Waals surface area (Å²) in [6, 6.07) is 8.83. The smallest absolute Gasteiger partial charge is 0.0700 e. The van der Waals surface area contributed by atoms with Crippen LogP contribution in [0.15, 0.2) is 30.5 Å². The van der Waals surface area contributed by atoms with Gasteiger partial charge in [0, 0.05) is 38.0 Å². The molecular weight excluding hydrogens is 236 g/mol. The molecule has 1 N–H and O–H groups in total. The fourth-order valence-electron chi connectivity index (χ4n) is 2.78. The summed E-state index contributed by atoms with van der Waals surface area (Å²) in [5.74, 6) is 0. The molecule has 3 nitrogen and oxygen atoms in total. The zero-order valence-corrected chi connectivity index (χ0v) is 11.6. The lowest BCUT2D eigenvalue weighted by Gasteiger charge is -2.11. The molecule has 3 heteroatoms. The fourth-order valence-corrected chi connectivity index (χ4v) is 2.78. The number of hydrogen-bond donors (Lipinski definition) is 1. The van der Waals surface area contributed by atoms with E-state index in [1.165, 1.54) is 29.3 Å². The van der Waals surface area contributed by atoms with Crippen LogP contribution in [0.4, 0.5) is 0 Å². The van der Waals surface area contributed by atoms with E-state index in [1.54, 1.807) is 0 Å². The minimum Gasteiger partial charge on any atom is -0.377 e. The van der Waals surface area contributed by atoms with E-state index in [0.717, 1.165) is 26.2 Å². The number of rotatable bonds is 5. The number of ether oxygens (including phenoxy) is 1. The van der Waals surface area contributed by atoms with Crippen molar-refractivity contribution in [2.45, 2.75) is 32.4 Å². The maximum Gasteiger partial charge on any atom is 0.0700 e. The second-order valence-electron chi connectivity index (χ2n) is 5.41. The van der Waals surface area contributed by atoms with Gasteiger partial charge in [0.15, 0.2) is 0 Å². The van der Waals surface area contributed by atoms with E-state index in [9.17, 15) is 0 Å². The van der Waals surface area contributed by atoms with E-state index in [-0.39, 0.29) is 0 Å². The molecule has 0 spiro atoms. The molecule has 1 unspecified atom stereocenters. The minimum absolute atomic E-state index is 0.434. The standard InChI is InChI=1S/C16H22N2O/c1-13-4-5-16-14(11-13)6-8-18(16)9-7-17-12-15-3-2-10-19-15/h4-6,8,11,15,17H,2-3,7,9-10,12H2,1H3. The predicted octanol–water partition coefficient (Wildman–Crippen LogP) is 2.72. The van der Waals surface area contributed by atoms with Crippen molar-refractivity contribution in [2.24, 2.45) is 0 Å². The predicted molar refractivity (Wildman–Crippen MR) is 78.5 cm³/mol. The van der Waals surface area contributed by atoms with Crippen molar-refractivity contribution in [1.82, 2.24) is 9.88 Å². The summed E-state index contributed by atoms with van der Waals surface area (Å²) in [6.07, 6.45) is 5.04. The van der Waals surface area contributed by atoms with Crippen LogP contribution in [-0.2, 0) is 11.3 Å². The average molecular weight is 258 g/mol. The molecule has 1 aliphatic rings. The van der Waals surface area contributed by atoms with Crippen molar-refractivity contribution >= 4 is 10.9 Å². The Kier molecular flexibility index (Phi) is 3.85. The molecule has 0 radical (unpaired) electrons. The van der Waals surface area contributed by atoms with Crippen LogP contribution in [0.3, 0.4) is 0 Å². The van der Waals surface area contributed by atoms with Gasteiger partial charge < -0.3 is 14.6 Å². The van der Waals surface area contributed by atoms with E-state index in [0.29, 0.717) is 6.10 Å². The molecular formula is C16H22N2O. The molecule has 1 aromatic carbocycles. The SMILES string of the molecule is Cc1ccc2c(ccn2CCNCC2CCCO2)c1. The van der Waals surface area contributed by atoms with Gasteiger partial charge in [0.1, 0.15) is 0 Å². The first kappa shape index (κ1) is 12.7. The summed E-state index contributed by atoms with van der Waals surface area (Å²) >= 11 is 0. The molecule has 0 saturated carbocycles. The van der Waals surface area contributed by atoms with Gasteiger partial charge in [-0.25, -0.2) is 0 Å². The van der Waals surface area contributed by atoms with Crippen molar-refractivity contribution in [1.29, 1.82) is 0 Å². The Morgan fingerprint density at radius 1 is 1.37 bits per heavy atom. The van der Waals surface area contributed by atoms with Gasteiger partial charge in [0.05, 0.1) is 6.10 Å². The summed E-state index contributed by atoms with van der Waals surface area (Å²) in [7, 11) is 0. The van der Waals surface area contributed by atoms with Crippen LogP contribution in [0.5, 0.6) is 0 Å². The Morgan fingerprint density at radius 3 is 3.16 bits per heavy atom. The first-order valence-corrected chi connectivity index (χ1v) is 7.21. The lowest BCUT2D eigenvalue weighted by molar-refractivity contribution is 0.110. The summed E-state index contributed by atoms with van der Waals surface area (Å²) in [5.41, 5.74) is 2.64. The summed E-state index contributed by atoms with van der Waals surface area (Å²) in [6.45, 7) is 6.07. The second kappa shape index (κ2) is 5.76. The normalized spacial score (nSPS) is 19.3. The fraction of sp³-hybridized carbons (Fsp3) is 0.500. The van der Waals surface area contributed by atoms with Gasteiger partial charge in [-0.2, -0.15) is 0 Å². The van der Waals surface area contributed by atoms with E-state index in [2.05, 4.69) is 47.3 Å². The minimum atomic E-state index is 0.434.